The molecule has 1 aromatic carbocycles. The van der Waals surface area contributed by atoms with Crippen LogP contribution in [0.1, 0.15) is 24.0 Å². The topological polar surface area (TPSA) is 84.1 Å². The van der Waals surface area contributed by atoms with E-state index in [0.29, 0.717) is 22.2 Å². The number of benzene rings is 1. The second-order valence-corrected chi connectivity index (χ2v) is 6.28. The molecular formula is C17H16FN3O3S. The zero-order valence-electron chi connectivity index (χ0n) is 13.8. The number of nitrogens with zero attached hydrogens (tertiary/aromatic N) is 1. The van der Waals surface area contributed by atoms with Crippen LogP contribution in [0.15, 0.2) is 45.5 Å². The van der Waals surface area contributed by atoms with Crippen LogP contribution in [0.2, 0.25) is 0 Å². The van der Waals surface area contributed by atoms with Crippen molar-refractivity contribution in [3.05, 3.63) is 62.8 Å². The average molecular weight is 361 g/mol. The maximum atomic E-state index is 13.8. The fourth-order valence-electron chi connectivity index (χ4n) is 2.93. The Morgan fingerprint density at radius 3 is 2.80 bits per heavy atom. The number of esters is 1. The normalized spacial score (nSPS) is 16.2. The molecule has 2 heterocycles. The smallest absolute Gasteiger partial charge is 0.336 e. The quantitative estimate of drug-likeness (QED) is 0.497. The monoisotopic (exact) mass is 361 g/mol. The van der Waals surface area contributed by atoms with Gasteiger partial charge in [-0.2, -0.15) is 0 Å². The summed E-state index contributed by atoms with van der Waals surface area (Å²) in [7, 11) is 1.26. The van der Waals surface area contributed by atoms with E-state index in [1.165, 1.54) is 37.1 Å². The first-order chi connectivity index (χ1) is 12.0. The number of nitrogens with one attached hydrogen (secondary N) is 2. The Kier molecular flexibility index (Phi) is 4.63. The first kappa shape index (κ1) is 17.2. The molecule has 0 fully saturated rings. The summed E-state index contributed by atoms with van der Waals surface area (Å²) in [5, 5.41) is 3.44. The number of thioether (sulfide) groups is 1. The molecule has 25 heavy (non-hydrogen) atoms. The fraction of sp³-hybridized carbons (Fsp3) is 0.235. The van der Waals surface area contributed by atoms with Crippen molar-refractivity contribution < 1.29 is 13.9 Å². The Balaban J connectivity index is 2.30. The molecule has 0 saturated carbocycles. The van der Waals surface area contributed by atoms with Crippen LogP contribution in [0.25, 0.3) is 0 Å². The van der Waals surface area contributed by atoms with Crippen molar-refractivity contribution in [2.45, 2.75) is 18.0 Å². The van der Waals surface area contributed by atoms with Crippen molar-refractivity contribution in [1.29, 1.82) is 0 Å². The largest absolute Gasteiger partial charge is 0.466 e. The van der Waals surface area contributed by atoms with Crippen molar-refractivity contribution in [3.8, 4) is 0 Å². The van der Waals surface area contributed by atoms with Crippen LogP contribution < -0.4 is 10.9 Å². The Morgan fingerprint density at radius 2 is 2.16 bits per heavy atom. The molecule has 0 saturated heterocycles. The lowest BCUT2D eigenvalue weighted by Crippen LogP contribution is -2.31. The number of carbonyl (C=O) groups excluding carboxylic acids is 1. The third-order valence-electron chi connectivity index (χ3n) is 4.00. The summed E-state index contributed by atoms with van der Waals surface area (Å²) in [6.45, 7) is 1.70. The third kappa shape index (κ3) is 3.05. The Hall–Kier alpha value is -2.61. The predicted octanol–water partition coefficient (Wildman–Crippen LogP) is 2.64. The van der Waals surface area contributed by atoms with Crippen molar-refractivity contribution in [1.82, 2.24) is 9.97 Å². The summed E-state index contributed by atoms with van der Waals surface area (Å²) < 4.78 is 18.6. The van der Waals surface area contributed by atoms with Crippen LogP contribution in [0, 0.1) is 5.82 Å². The summed E-state index contributed by atoms with van der Waals surface area (Å²) in [5.74, 6) is -1.46. The van der Waals surface area contributed by atoms with E-state index in [1.807, 2.05) is 0 Å². The van der Waals surface area contributed by atoms with E-state index in [4.69, 9.17) is 4.74 Å². The fourth-order valence-corrected chi connectivity index (χ4v) is 3.30. The molecule has 0 bridgehead atoms. The third-order valence-corrected chi connectivity index (χ3v) is 4.58. The van der Waals surface area contributed by atoms with Gasteiger partial charge in [0.25, 0.3) is 5.56 Å². The van der Waals surface area contributed by atoms with Crippen molar-refractivity contribution in [2.75, 3.05) is 18.7 Å². The van der Waals surface area contributed by atoms with Gasteiger partial charge in [0.05, 0.1) is 24.2 Å². The number of hydrogen-bond acceptors (Lipinski definition) is 6. The number of ether oxygens (including phenoxy) is 1. The Morgan fingerprint density at radius 1 is 1.40 bits per heavy atom. The van der Waals surface area contributed by atoms with Crippen molar-refractivity contribution in [3.63, 3.8) is 0 Å². The van der Waals surface area contributed by atoms with Gasteiger partial charge in [-0.3, -0.25) is 4.79 Å². The van der Waals surface area contributed by atoms with E-state index in [2.05, 4.69) is 15.3 Å². The molecule has 0 aliphatic carbocycles. The Labute approximate surface area is 147 Å². The average Bonchev–Trinajstić information content (AvgIpc) is 2.59. The van der Waals surface area contributed by atoms with Gasteiger partial charge in [-0.1, -0.05) is 23.9 Å². The number of fused-ring (bicyclic) bond motifs is 1. The SMILES string of the molecule is COC(=O)C1=C(C)Nc2nc(SC)[nH]c(=O)c2[C@@H]1c1cccc(F)c1. The number of aromatic amines is 1. The number of rotatable bonds is 3. The highest BCUT2D eigenvalue weighted by Gasteiger charge is 2.36. The first-order valence-corrected chi connectivity index (χ1v) is 8.68. The van der Waals surface area contributed by atoms with Gasteiger partial charge in [-0.25, -0.2) is 14.2 Å². The molecule has 2 aromatic rings. The number of anilines is 1. The molecule has 0 spiro atoms. The summed E-state index contributed by atoms with van der Waals surface area (Å²) in [6, 6.07) is 5.81. The molecule has 0 unspecified atom stereocenters. The molecule has 130 valence electrons. The number of aromatic nitrogens is 2. The molecule has 8 heteroatoms. The highest BCUT2D eigenvalue weighted by atomic mass is 32.2. The molecule has 1 aromatic heterocycles. The molecule has 6 nitrogen and oxygen atoms in total. The summed E-state index contributed by atoms with van der Waals surface area (Å²) >= 11 is 1.29. The maximum absolute atomic E-state index is 13.8. The van der Waals surface area contributed by atoms with E-state index < -0.39 is 17.7 Å². The van der Waals surface area contributed by atoms with Crippen molar-refractivity contribution >= 4 is 23.5 Å². The van der Waals surface area contributed by atoms with Gasteiger partial charge in [-0.05, 0) is 30.9 Å². The van der Waals surface area contributed by atoms with Gasteiger partial charge in [0.15, 0.2) is 5.16 Å². The van der Waals surface area contributed by atoms with Crippen LogP contribution in [-0.4, -0.2) is 29.3 Å². The number of allylic oxidation sites excluding steroid dienone is 1. The van der Waals surface area contributed by atoms with E-state index in [0.717, 1.165) is 0 Å². The molecule has 2 N–H and O–H groups in total. The molecule has 1 aliphatic heterocycles. The number of carbonyl (C=O) groups is 1. The number of halogens is 1. The van der Waals surface area contributed by atoms with Gasteiger partial charge in [0.2, 0.25) is 0 Å². The first-order valence-electron chi connectivity index (χ1n) is 7.46. The second-order valence-electron chi connectivity index (χ2n) is 5.48. The molecule has 3 rings (SSSR count). The second kappa shape index (κ2) is 6.72. The molecule has 1 atom stereocenters. The maximum Gasteiger partial charge on any atom is 0.336 e. The standard InChI is InChI=1S/C17H16FN3O3S/c1-8-11(16(23)24-2)12(9-5-4-6-10(18)7-9)13-14(19-8)20-17(25-3)21-15(13)22/h4-7,12H,1-3H3,(H2,19,20,21,22)/t12-/m1/s1. The van der Waals surface area contributed by atoms with Crippen LogP contribution in [0.4, 0.5) is 10.2 Å². The van der Waals surface area contributed by atoms with E-state index in [-0.39, 0.29) is 16.7 Å². The molecule has 0 amide bonds. The highest BCUT2D eigenvalue weighted by molar-refractivity contribution is 7.98. The van der Waals surface area contributed by atoms with Crippen molar-refractivity contribution in [2.24, 2.45) is 0 Å². The number of hydrogen-bond donors (Lipinski definition) is 2. The van der Waals surface area contributed by atoms with Crippen LogP contribution >= 0.6 is 11.8 Å². The zero-order chi connectivity index (χ0) is 18.1. The minimum absolute atomic E-state index is 0.254. The minimum Gasteiger partial charge on any atom is -0.466 e. The van der Waals surface area contributed by atoms with Gasteiger partial charge in [0.1, 0.15) is 11.6 Å². The summed E-state index contributed by atoms with van der Waals surface area (Å²) in [4.78, 5) is 32.1. The lowest BCUT2D eigenvalue weighted by molar-refractivity contribution is -0.136. The van der Waals surface area contributed by atoms with Gasteiger partial charge < -0.3 is 15.0 Å². The summed E-state index contributed by atoms with van der Waals surface area (Å²) in [6.07, 6.45) is 1.79. The van der Waals surface area contributed by atoms with E-state index >= 15 is 0 Å². The summed E-state index contributed by atoms with van der Waals surface area (Å²) in [5.41, 5.74) is 1.12. The van der Waals surface area contributed by atoms with Crippen LogP contribution in [0.5, 0.6) is 0 Å². The van der Waals surface area contributed by atoms with E-state index in [9.17, 15) is 14.0 Å². The predicted molar refractivity (Wildman–Crippen MR) is 93.2 cm³/mol. The molecule has 0 radical (unpaired) electrons. The molecular weight excluding hydrogens is 345 g/mol. The lowest BCUT2D eigenvalue weighted by atomic mass is 9.82. The van der Waals surface area contributed by atoms with Gasteiger partial charge in [-0.15, -0.1) is 0 Å². The number of methoxy groups -OCH3 is 1. The lowest BCUT2D eigenvalue weighted by Gasteiger charge is -2.28. The number of H-pyrrole nitrogens is 1. The van der Waals surface area contributed by atoms with E-state index in [1.54, 1.807) is 19.2 Å². The van der Waals surface area contributed by atoms with Gasteiger partial charge in [0, 0.05) is 5.70 Å². The van der Waals surface area contributed by atoms with Gasteiger partial charge >= 0.3 is 5.97 Å². The zero-order valence-corrected chi connectivity index (χ0v) is 14.7. The minimum atomic E-state index is -0.772. The van der Waals surface area contributed by atoms with Crippen LogP contribution in [-0.2, 0) is 9.53 Å². The highest BCUT2D eigenvalue weighted by Crippen LogP contribution is 2.39. The molecule has 1 aliphatic rings. The van der Waals surface area contributed by atoms with Crippen LogP contribution in [0.3, 0.4) is 0 Å². The Bertz CT molecular complexity index is 939.